The Morgan fingerprint density at radius 1 is 1.62 bits per heavy atom. The molecule has 0 spiro atoms. The standard InChI is InChI=1S/C7H7BrFN3O/c8-4-1-2-5(9)6(3-4)11-7(10)12-13/h1-3,13H,(H3,10,11,12). The number of hydroxylamine groups is 1. The summed E-state index contributed by atoms with van der Waals surface area (Å²) in [5, 5.41) is 8.32. The van der Waals surface area contributed by atoms with Crippen LogP contribution in [0.2, 0.25) is 0 Å². The van der Waals surface area contributed by atoms with Crippen molar-refractivity contribution in [1.82, 2.24) is 5.48 Å². The smallest absolute Gasteiger partial charge is 0.218 e. The van der Waals surface area contributed by atoms with E-state index in [9.17, 15) is 4.39 Å². The highest BCUT2D eigenvalue weighted by Gasteiger charge is 2.01. The average Bonchev–Trinajstić information content (AvgIpc) is 2.11. The molecule has 4 nitrogen and oxygen atoms in total. The lowest BCUT2D eigenvalue weighted by Crippen LogP contribution is -2.27. The van der Waals surface area contributed by atoms with Gasteiger partial charge in [0.15, 0.2) is 0 Å². The van der Waals surface area contributed by atoms with Crippen molar-refractivity contribution >= 4 is 27.6 Å². The molecule has 1 rings (SSSR count). The zero-order valence-electron chi connectivity index (χ0n) is 6.46. The molecule has 1 aromatic carbocycles. The van der Waals surface area contributed by atoms with Crippen molar-refractivity contribution in [3.8, 4) is 0 Å². The molecule has 0 unspecified atom stereocenters. The minimum absolute atomic E-state index is 0.0495. The van der Waals surface area contributed by atoms with Crippen molar-refractivity contribution in [3.63, 3.8) is 0 Å². The van der Waals surface area contributed by atoms with Gasteiger partial charge in [0.05, 0.1) is 0 Å². The molecule has 0 aliphatic carbocycles. The molecule has 70 valence electrons. The Morgan fingerprint density at radius 2 is 2.31 bits per heavy atom. The molecule has 0 amide bonds. The minimum atomic E-state index is -0.513. The molecular formula is C7H7BrFN3O. The van der Waals surface area contributed by atoms with Crippen molar-refractivity contribution in [2.24, 2.45) is 10.7 Å². The largest absolute Gasteiger partial charge is 0.368 e. The van der Waals surface area contributed by atoms with Crippen molar-refractivity contribution in [2.45, 2.75) is 0 Å². The number of rotatable bonds is 1. The van der Waals surface area contributed by atoms with Crippen LogP contribution in [0.1, 0.15) is 0 Å². The van der Waals surface area contributed by atoms with E-state index in [0.29, 0.717) is 4.47 Å². The van der Waals surface area contributed by atoms with Crippen molar-refractivity contribution in [3.05, 3.63) is 28.5 Å². The Balaban J connectivity index is 3.07. The summed E-state index contributed by atoms with van der Waals surface area (Å²) >= 11 is 3.15. The summed E-state index contributed by atoms with van der Waals surface area (Å²) in [5.74, 6) is -0.779. The quantitative estimate of drug-likeness (QED) is 0.401. The van der Waals surface area contributed by atoms with E-state index in [2.05, 4.69) is 20.9 Å². The summed E-state index contributed by atoms with van der Waals surface area (Å²) in [6.45, 7) is 0. The Bertz CT molecular complexity index is 343. The summed E-state index contributed by atoms with van der Waals surface area (Å²) < 4.78 is 13.7. The van der Waals surface area contributed by atoms with Gasteiger partial charge in [0.25, 0.3) is 0 Å². The van der Waals surface area contributed by atoms with Crippen LogP contribution in [0.5, 0.6) is 0 Å². The molecule has 0 heterocycles. The Kier molecular flexibility index (Phi) is 3.21. The fraction of sp³-hybridized carbons (Fsp3) is 0. The number of nitrogens with zero attached hydrogens (tertiary/aromatic N) is 1. The van der Waals surface area contributed by atoms with Gasteiger partial charge in [-0.3, -0.25) is 5.21 Å². The SMILES string of the molecule is NC(=Nc1cc(Br)ccc1F)NO. The van der Waals surface area contributed by atoms with Crippen LogP contribution < -0.4 is 11.2 Å². The minimum Gasteiger partial charge on any atom is -0.368 e. The molecule has 0 aromatic heterocycles. The highest BCUT2D eigenvalue weighted by molar-refractivity contribution is 9.10. The molecule has 0 fully saturated rings. The van der Waals surface area contributed by atoms with E-state index in [0.717, 1.165) is 0 Å². The zero-order chi connectivity index (χ0) is 9.84. The molecule has 1 aromatic rings. The van der Waals surface area contributed by atoms with Crippen LogP contribution in [0, 0.1) is 5.82 Å². The number of aliphatic imine (C=N–C) groups is 1. The van der Waals surface area contributed by atoms with Crippen LogP contribution in [0.4, 0.5) is 10.1 Å². The molecule has 0 bridgehead atoms. The fourth-order valence-corrected chi connectivity index (χ4v) is 1.08. The molecule has 0 aliphatic rings. The maximum Gasteiger partial charge on any atom is 0.218 e. The van der Waals surface area contributed by atoms with E-state index in [1.54, 1.807) is 5.48 Å². The predicted molar refractivity (Wildman–Crippen MR) is 50.3 cm³/mol. The third-order valence-corrected chi connectivity index (χ3v) is 1.76. The summed E-state index contributed by atoms with van der Waals surface area (Å²) in [7, 11) is 0. The molecule has 0 saturated carbocycles. The second kappa shape index (κ2) is 4.20. The first-order valence-corrected chi connectivity index (χ1v) is 4.12. The number of hydrogen-bond donors (Lipinski definition) is 3. The van der Waals surface area contributed by atoms with Crippen molar-refractivity contribution < 1.29 is 9.60 Å². The van der Waals surface area contributed by atoms with Crippen molar-refractivity contribution in [2.75, 3.05) is 0 Å². The fourth-order valence-electron chi connectivity index (χ4n) is 0.726. The maximum atomic E-state index is 13.0. The highest BCUT2D eigenvalue weighted by atomic mass is 79.9. The van der Waals surface area contributed by atoms with E-state index in [4.69, 9.17) is 10.9 Å². The Morgan fingerprint density at radius 3 is 2.92 bits per heavy atom. The Labute approximate surface area is 82.4 Å². The molecule has 0 radical (unpaired) electrons. The molecule has 6 heteroatoms. The second-order valence-corrected chi connectivity index (χ2v) is 3.12. The van der Waals surface area contributed by atoms with Gasteiger partial charge in [-0.15, -0.1) is 0 Å². The third kappa shape index (κ3) is 2.67. The first-order valence-electron chi connectivity index (χ1n) is 3.33. The molecule has 0 atom stereocenters. The lowest BCUT2D eigenvalue weighted by atomic mass is 10.3. The van der Waals surface area contributed by atoms with E-state index >= 15 is 0 Å². The summed E-state index contributed by atoms with van der Waals surface area (Å²) in [5.41, 5.74) is 6.79. The molecular weight excluding hydrogens is 241 g/mol. The zero-order valence-corrected chi connectivity index (χ0v) is 8.05. The van der Waals surface area contributed by atoms with E-state index in [1.165, 1.54) is 18.2 Å². The van der Waals surface area contributed by atoms with Gasteiger partial charge in [-0.05, 0) is 18.2 Å². The summed E-state index contributed by atoms with van der Waals surface area (Å²) in [6.07, 6.45) is 0. The predicted octanol–water partition coefficient (Wildman–Crippen LogP) is 1.51. The van der Waals surface area contributed by atoms with Crippen LogP contribution >= 0.6 is 15.9 Å². The van der Waals surface area contributed by atoms with Gasteiger partial charge in [0.2, 0.25) is 5.96 Å². The number of nitrogens with one attached hydrogen (secondary N) is 1. The number of hydrogen-bond acceptors (Lipinski definition) is 2. The van der Waals surface area contributed by atoms with Gasteiger partial charge in [-0.25, -0.2) is 14.9 Å². The van der Waals surface area contributed by atoms with E-state index < -0.39 is 5.82 Å². The van der Waals surface area contributed by atoms with Crippen LogP contribution in [0.15, 0.2) is 27.7 Å². The van der Waals surface area contributed by atoms with Crippen LogP contribution in [-0.4, -0.2) is 11.2 Å². The number of guanidine groups is 1. The van der Waals surface area contributed by atoms with Gasteiger partial charge < -0.3 is 5.73 Å². The number of nitrogens with two attached hydrogens (primary N) is 1. The number of benzene rings is 1. The van der Waals surface area contributed by atoms with Gasteiger partial charge in [-0.1, -0.05) is 15.9 Å². The molecule has 13 heavy (non-hydrogen) atoms. The normalized spacial score (nSPS) is 11.5. The first kappa shape index (κ1) is 9.94. The van der Waals surface area contributed by atoms with Crippen LogP contribution in [-0.2, 0) is 0 Å². The van der Waals surface area contributed by atoms with E-state index in [-0.39, 0.29) is 11.6 Å². The van der Waals surface area contributed by atoms with Crippen molar-refractivity contribution in [1.29, 1.82) is 0 Å². The highest BCUT2D eigenvalue weighted by Crippen LogP contribution is 2.22. The third-order valence-electron chi connectivity index (χ3n) is 1.26. The molecule has 0 saturated heterocycles. The average molecular weight is 248 g/mol. The first-order chi connectivity index (χ1) is 6.13. The topological polar surface area (TPSA) is 70.6 Å². The lowest BCUT2D eigenvalue weighted by molar-refractivity contribution is 0.233. The summed E-state index contributed by atoms with van der Waals surface area (Å²) in [4.78, 5) is 3.57. The Hall–Kier alpha value is -1.14. The second-order valence-electron chi connectivity index (χ2n) is 2.20. The van der Waals surface area contributed by atoms with E-state index in [1.807, 2.05) is 0 Å². The van der Waals surface area contributed by atoms with Gasteiger partial charge in [0.1, 0.15) is 11.5 Å². The maximum absolute atomic E-state index is 13.0. The number of halogens is 2. The van der Waals surface area contributed by atoms with Gasteiger partial charge in [-0.2, -0.15) is 0 Å². The molecule has 0 aliphatic heterocycles. The monoisotopic (exact) mass is 247 g/mol. The van der Waals surface area contributed by atoms with Crippen LogP contribution in [0.25, 0.3) is 0 Å². The van der Waals surface area contributed by atoms with Gasteiger partial charge >= 0.3 is 0 Å². The van der Waals surface area contributed by atoms with Gasteiger partial charge in [0, 0.05) is 4.47 Å². The summed E-state index contributed by atoms with van der Waals surface area (Å²) in [6, 6.07) is 4.23. The lowest BCUT2D eigenvalue weighted by Gasteiger charge is -1.99. The molecule has 4 N–H and O–H groups in total. The van der Waals surface area contributed by atoms with Crippen LogP contribution in [0.3, 0.4) is 0 Å².